The van der Waals surface area contributed by atoms with Gasteiger partial charge in [-0.1, -0.05) is 35.9 Å². The lowest BCUT2D eigenvalue weighted by Gasteiger charge is -2.12. The number of nitrogens with one attached hydrogen (secondary N) is 1. The molecular weight excluding hydrogens is 286 g/mol. The molecule has 0 unspecified atom stereocenters. The molecule has 23 heavy (non-hydrogen) atoms. The fourth-order valence-electron chi connectivity index (χ4n) is 2.59. The maximum Gasteiger partial charge on any atom is 0.224 e. The zero-order chi connectivity index (χ0) is 16.8. The minimum absolute atomic E-state index is 0.0339. The fourth-order valence-corrected chi connectivity index (χ4v) is 2.59. The van der Waals surface area contributed by atoms with Gasteiger partial charge in [-0.3, -0.25) is 4.79 Å². The molecule has 0 spiro atoms. The van der Waals surface area contributed by atoms with E-state index in [4.69, 9.17) is 4.74 Å². The van der Waals surface area contributed by atoms with Crippen molar-refractivity contribution in [1.82, 2.24) is 0 Å². The van der Waals surface area contributed by atoms with Crippen molar-refractivity contribution in [3.8, 4) is 5.75 Å². The molecule has 122 valence electrons. The Hall–Kier alpha value is -2.29. The van der Waals surface area contributed by atoms with Crippen LogP contribution in [0.4, 0.5) is 5.69 Å². The lowest BCUT2D eigenvalue weighted by Crippen LogP contribution is -2.14. The Morgan fingerprint density at radius 2 is 1.70 bits per heavy atom. The van der Waals surface area contributed by atoms with Crippen molar-refractivity contribution in [2.24, 2.45) is 0 Å². The second kappa shape index (κ2) is 7.82. The minimum Gasteiger partial charge on any atom is -0.493 e. The SMILES string of the molecule is Cc1ccc(OCCCC(=O)Nc2c(C)cccc2C)c(C)c1. The molecule has 0 fully saturated rings. The van der Waals surface area contributed by atoms with Crippen LogP contribution in [0.5, 0.6) is 5.75 Å². The van der Waals surface area contributed by atoms with Gasteiger partial charge in [0, 0.05) is 12.1 Å². The average molecular weight is 311 g/mol. The first kappa shape index (κ1) is 17.1. The van der Waals surface area contributed by atoms with Crippen molar-refractivity contribution in [1.29, 1.82) is 0 Å². The van der Waals surface area contributed by atoms with Gasteiger partial charge in [-0.15, -0.1) is 0 Å². The highest BCUT2D eigenvalue weighted by atomic mass is 16.5. The Kier molecular flexibility index (Phi) is 5.80. The van der Waals surface area contributed by atoms with Crippen LogP contribution in [0, 0.1) is 27.7 Å². The van der Waals surface area contributed by atoms with Gasteiger partial charge in [0.05, 0.1) is 6.61 Å². The summed E-state index contributed by atoms with van der Waals surface area (Å²) >= 11 is 0. The Morgan fingerprint density at radius 3 is 2.35 bits per heavy atom. The van der Waals surface area contributed by atoms with Gasteiger partial charge >= 0.3 is 0 Å². The number of para-hydroxylation sites is 1. The first-order chi connectivity index (χ1) is 11.0. The van der Waals surface area contributed by atoms with E-state index in [0.717, 1.165) is 28.1 Å². The molecule has 3 heteroatoms. The molecule has 0 saturated carbocycles. The third kappa shape index (κ3) is 4.85. The lowest BCUT2D eigenvalue weighted by atomic mass is 10.1. The van der Waals surface area contributed by atoms with Crippen LogP contribution in [0.1, 0.15) is 35.1 Å². The standard InChI is InChI=1S/C20H25NO2/c1-14-10-11-18(17(4)13-14)23-12-6-9-19(22)21-20-15(2)7-5-8-16(20)3/h5,7-8,10-11,13H,6,9,12H2,1-4H3,(H,21,22). The molecule has 0 aliphatic heterocycles. The van der Waals surface area contributed by atoms with Gasteiger partial charge < -0.3 is 10.1 Å². The highest BCUT2D eigenvalue weighted by Gasteiger charge is 2.07. The van der Waals surface area contributed by atoms with E-state index >= 15 is 0 Å². The van der Waals surface area contributed by atoms with Gasteiger partial charge in [0.25, 0.3) is 0 Å². The zero-order valence-corrected chi connectivity index (χ0v) is 14.4. The van der Waals surface area contributed by atoms with Crippen molar-refractivity contribution in [2.45, 2.75) is 40.5 Å². The largest absolute Gasteiger partial charge is 0.493 e. The van der Waals surface area contributed by atoms with Crippen molar-refractivity contribution >= 4 is 11.6 Å². The normalized spacial score (nSPS) is 10.4. The molecule has 0 heterocycles. The molecule has 3 nitrogen and oxygen atoms in total. The lowest BCUT2D eigenvalue weighted by molar-refractivity contribution is -0.116. The van der Waals surface area contributed by atoms with E-state index in [0.29, 0.717) is 19.4 Å². The van der Waals surface area contributed by atoms with Gasteiger partial charge in [0.15, 0.2) is 0 Å². The molecule has 0 aromatic heterocycles. The number of anilines is 1. The Labute approximate surface area is 138 Å². The molecule has 0 radical (unpaired) electrons. The van der Waals surface area contributed by atoms with Crippen LogP contribution >= 0.6 is 0 Å². The van der Waals surface area contributed by atoms with E-state index < -0.39 is 0 Å². The fraction of sp³-hybridized carbons (Fsp3) is 0.350. The maximum absolute atomic E-state index is 12.1. The van der Waals surface area contributed by atoms with Crippen molar-refractivity contribution in [2.75, 3.05) is 11.9 Å². The van der Waals surface area contributed by atoms with E-state index in [-0.39, 0.29) is 5.91 Å². The van der Waals surface area contributed by atoms with Crippen LogP contribution in [0.25, 0.3) is 0 Å². The van der Waals surface area contributed by atoms with E-state index in [1.54, 1.807) is 0 Å². The van der Waals surface area contributed by atoms with Gasteiger partial charge in [0.2, 0.25) is 5.91 Å². The number of ether oxygens (including phenoxy) is 1. The monoisotopic (exact) mass is 311 g/mol. The van der Waals surface area contributed by atoms with E-state index in [1.807, 2.05) is 51.1 Å². The molecule has 1 amide bonds. The number of carbonyl (C=O) groups is 1. The molecule has 0 saturated heterocycles. The molecule has 0 aliphatic carbocycles. The van der Waals surface area contributed by atoms with Crippen molar-refractivity contribution in [3.05, 3.63) is 58.7 Å². The number of hydrogen-bond acceptors (Lipinski definition) is 2. The summed E-state index contributed by atoms with van der Waals surface area (Å²) in [6.45, 7) is 8.66. The van der Waals surface area contributed by atoms with Crippen molar-refractivity contribution in [3.63, 3.8) is 0 Å². The Bertz CT molecular complexity index is 672. The molecule has 2 aromatic rings. The topological polar surface area (TPSA) is 38.3 Å². The summed E-state index contributed by atoms with van der Waals surface area (Å²) in [4.78, 5) is 12.1. The van der Waals surface area contributed by atoms with E-state index in [1.165, 1.54) is 5.56 Å². The summed E-state index contributed by atoms with van der Waals surface area (Å²) in [6, 6.07) is 12.1. The summed E-state index contributed by atoms with van der Waals surface area (Å²) < 4.78 is 5.76. The predicted octanol–water partition coefficient (Wildman–Crippen LogP) is 4.72. The van der Waals surface area contributed by atoms with Gasteiger partial charge in [-0.25, -0.2) is 0 Å². The van der Waals surface area contributed by atoms with Gasteiger partial charge in [-0.05, 0) is 56.9 Å². The smallest absolute Gasteiger partial charge is 0.224 e. The molecular formula is C20H25NO2. The number of rotatable bonds is 6. The molecule has 0 atom stereocenters. The molecule has 0 bridgehead atoms. The summed E-state index contributed by atoms with van der Waals surface area (Å²) in [5.41, 5.74) is 5.45. The number of aryl methyl sites for hydroxylation is 4. The van der Waals surface area contributed by atoms with E-state index in [9.17, 15) is 4.79 Å². The summed E-state index contributed by atoms with van der Waals surface area (Å²) in [7, 11) is 0. The summed E-state index contributed by atoms with van der Waals surface area (Å²) in [5.74, 6) is 0.928. The number of carbonyl (C=O) groups excluding carboxylic acids is 1. The van der Waals surface area contributed by atoms with Crippen LogP contribution < -0.4 is 10.1 Å². The van der Waals surface area contributed by atoms with Crippen LogP contribution in [0.15, 0.2) is 36.4 Å². The number of hydrogen-bond donors (Lipinski definition) is 1. The third-order valence-corrected chi connectivity index (χ3v) is 3.88. The second-order valence-corrected chi connectivity index (χ2v) is 6.04. The molecule has 2 aromatic carbocycles. The van der Waals surface area contributed by atoms with E-state index in [2.05, 4.69) is 18.3 Å². The summed E-state index contributed by atoms with van der Waals surface area (Å²) in [5, 5.41) is 3.00. The number of benzene rings is 2. The average Bonchev–Trinajstić information content (AvgIpc) is 2.49. The third-order valence-electron chi connectivity index (χ3n) is 3.88. The van der Waals surface area contributed by atoms with Crippen molar-refractivity contribution < 1.29 is 9.53 Å². The number of amides is 1. The minimum atomic E-state index is 0.0339. The first-order valence-electron chi connectivity index (χ1n) is 8.03. The van der Waals surface area contributed by atoms with Gasteiger partial charge in [-0.2, -0.15) is 0 Å². The maximum atomic E-state index is 12.1. The summed E-state index contributed by atoms with van der Waals surface area (Å²) in [6.07, 6.45) is 1.16. The van der Waals surface area contributed by atoms with Gasteiger partial charge in [0.1, 0.15) is 5.75 Å². The molecule has 2 rings (SSSR count). The van der Waals surface area contributed by atoms with Crippen LogP contribution in [-0.2, 0) is 4.79 Å². The zero-order valence-electron chi connectivity index (χ0n) is 14.4. The Balaban J connectivity index is 1.79. The Morgan fingerprint density at radius 1 is 1.00 bits per heavy atom. The predicted molar refractivity (Wildman–Crippen MR) is 95.2 cm³/mol. The van der Waals surface area contributed by atoms with Crippen LogP contribution in [0.2, 0.25) is 0 Å². The quantitative estimate of drug-likeness (QED) is 0.784. The molecule has 1 N–H and O–H groups in total. The van der Waals surface area contributed by atoms with Crippen LogP contribution in [-0.4, -0.2) is 12.5 Å². The molecule has 0 aliphatic rings. The highest BCUT2D eigenvalue weighted by Crippen LogP contribution is 2.20. The highest BCUT2D eigenvalue weighted by molar-refractivity contribution is 5.92. The van der Waals surface area contributed by atoms with Crippen LogP contribution in [0.3, 0.4) is 0 Å². The second-order valence-electron chi connectivity index (χ2n) is 6.04. The first-order valence-corrected chi connectivity index (χ1v) is 8.03.